The van der Waals surface area contributed by atoms with Gasteiger partial charge in [0.1, 0.15) is 5.82 Å². The Balaban J connectivity index is 2.01. The van der Waals surface area contributed by atoms with Gasteiger partial charge in [0.15, 0.2) is 0 Å². The molecule has 2 heterocycles. The average molecular weight is 270 g/mol. The third kappa shape index (κ3) is 2.16. The Hall–Kier alpha value is -2.63. The summed E-state index contributed by atoms with van der Waals surface area (Å²) in [5, 5.41) is 4.12. The van der Waals surface area contributed by atoms with Crippen molar-refractivity contribution in [3.8, 4) is 11.4 Å². The fraction of sp³-hybridized carbons (Fsp3) is 0.214. The number of hydrogen-bond acceptors (Lipinski definition) is 4. The molecule has 0 bridgehead atoms. The number of aromatic amines is 1. The fourth-order valence-corrected chi connectivity index (χ4v) is 2.03. The topological polar surface area (TPSA) is 72.8 Å². The molecule has 0 atom stereocenters. The summed E-state index contributed by atoms with van der Waals surface area (Å²) in [7, 11) is 1.85. The molecule has 0 aliphatic rings. The number of carbonyl (C=O) groups is 1. The number of esters is 1. The van der Waals surface area contributed by atoms with E-state index in [2.05, 4.69) is 15.1 Å². The third-order valence-electron chi connectivity index (χ3n) is 2.97. The molecule has 20 heavy (non-hydrogen) atoms. The molecule has 0 unspecified atom stereocenters. The van der Waals surface area contributed by atoms with Crippen molar-refractivity contribution >= 4 is 17.0 Å². The van der Waals surface area contributed by atoms with Gasteiger partial charge in [-0.3, -0.25) is 4.68 Å². The van der Waals surface area contributed by atoms with Crippen molar-refractivity contribution in [1.29, 1.82) is 0 Å². The molecule has 0 spiro atoms. The molecule has 0 fully saturated rings. The highest BCUT2D eigenvalue weighted by Gasteiger charge is 2.11. The van der Waals surface area contributed by atoms with Crippen molar-refractivity contribution in [1.82, 2.24) is 19.7 Å². The lowest BCUT2D eigenvalue weighted by atomic mass is 10.2. The standard InChI is InChI=1S/C14H14N4O2/c1-3-20-14(19)9-4-5-11-12(6-9)17-13(16-11)10-7-15-18(2)8-10/h4-8H,3H2,1-2H3,(H,16,17). The maximum atomic E-state index is 11.7. The zero-order chi connectivity index (χ0) is 14.1. The van der Waals surface area contributed by atoms with Crippen LogP contribution in [0.5, 0.6) is 0 Å². The molecule has 2 aromatic heterocycles. The summed E-state index contributed by atoms with van der Waals surface area (Å²) >= 11 is 0. The second kappa shape index (κ2) is 4.80. The van der Waals surface area contributed by atoms with E-state index in [1.54, 1.807) is 36.0 Å². The summed E-state index contributed by atoms with van der Waals surface area (Å²) in [4.78, 5) is 19.4. The first-order valence-electron chi connectivity index (χ1n) is 6.33. The quantitative estimate of drug-likeness (QED) is 0.740. The smallest absolute Gasteiger partial charge is 0.338 e. The van der Waals surface area contributed by atoms with E-state index in [4.69, 9.17) is 4.74 Å². The molecule has 1 N–H and O–H groups in total. The number of ether oxygens (including phenoxy) is 1. The van der Waals surface area contributed by atoms with E-state index >= 15 is 0 Å². The summed E-state index contributed by atoms with van der Waals surface area (Å²) in [6, 6.07) is 5.27. The molecule has 102 valence electrons. The zero-order valence-electron chi connectivity index (χ0n) is 11.3. The van der Waals surface area contributed by atoms with Crippen LogP contribution in [0.1, 0.15) is 17.3 Å². The molecular weight excluding hydrogens is 256 g/mol. The second-order valence-corrected chi connectivity index (χ2v) is 4.44. The first-order chi connectivity index (χ1) is 9.67. The summed E-state index contributed by atoms with van der Waals surface area (Å²) in [6.45, 7) is 2.15. The number of benzene rings is 1. The van der Waals surface area contributed by atoms with Crippen molar-refractivity contribution in [2.45, 2.75) is 6.92 Å². The molecule has 3 aromatic rings. The van der Waals surface area contributed by atoms with Gasteiger partial charge in [0.2, 0.25) is 0 Å². The van der Waals surface area contributed by atoms with Gasteiger partial charge in [0.25, 0.3) is 0 Å². The van der Waals surface area contributed by atoms with Gasteiger partial charge in [-0.1, -0.05) is 0 Å². The van der Waals surface area contributed by atoms with Crippen molar-refractivity contribution in [3.05, 3.63) is 36.2 Å². The number of nitrogens with zero attached hydrogens (tertiary/aromatic N) is 3. The Labute approximate surface area is 115 Å². The molecule has 0 amide bonds. The predicted molar refractivity (Wildman–Crippen MR) is 74.3 cm³/mol. The normalized spacial score (nSPS) is 10.9. The lowest BCUT2D eigenvalue weighted by molar-refractivity contribution is 0.0526. The van der Waals surface area contributed by atoms with Crippen LogP contribution in [-0.2, 0) is 11.8 Å². The number of H-pyrrole nitrogens is 1. The molecular formula is C14H14N4O2. The molecule has 0 saturated carbocycles. The van der Waals surface area contributed by atoms with Crippen LogP contribution in [0.25, 0.3) is 22.4 Å². The van der Waals surface area contributed by atoms with Crippen LogP contribution < -0.4 is 0 Å². The number of carbonyl (C=O) groups excluding carboxylic acids is 1. The van der Waals surface area contributed by atoms with Gasteiger partial charge in [-0.15, -0.1) is 0 Å². The number of fused-ring (bicyclic) bond motifs is 1. The van der Waals surface area contributed by atoms with Gasteiger partial charge >= 0.3 is 5.97 Å². The Morgan fingerprint density at radius 3 is 3.00 bits per heavy atom. The van der Waals surface area contributed by atoms with Crippen molar-refractivity contribution in [2.24, 2.45) is 7.05 Å². The van der Waals surface area contributed by atoms with Gasteiger partial charge < -0.3 is 9.72 Å². The fourth-order valence-electron chi connectivity index (χ4n) is 2.03. The van der Waals surface area contributed by atoms with Gasteiger partial charge in [0.05, 0.1) is 35.0 Å². The third-order valence-corrected chi connectivity index (χ3v) is 2.97. The lowest BCUT2D eigenvalue weighted by Crippen LogP contribution is -2.04. The van der Waals surface area contributed by atoms with Crippen LogP contribution in [0.3, 0.4) is 0 Å². The Bertz CT molecular complexity index is 772. The van der Waals surface area contributed by atoms with E-state index < -0.39 is 0 Å². The summed E-state index contributed by atoms with van der Waals surface area (Å²) < 4.78 is 6.70. The highest BCUT2D eigenvalue weighted by Crippen LogP contribution is 2.21. The van der Waals surface area contributed by atoms with E-state index in [0.717, 1.165) is 22.4 Å². The van der Waals surface area contributed by atoms with E-state index in [0.29, 0.717) is 12.2 Å². The minimum absolute atomic E-state index is 0.327. The highest BCUT2D eigenvalue weighted by atomic mass is 16.5. The van der Waals surface area contributed by atoms with Crippen molar-refractivity contribution < 1.29 is 9.53 Å². The summed E-state index contributed by atoms with van der Waals surface area (Å²) in [5.41, 5.74) is 3.02. The lowest BCUT2D eigenvalue weighted by Gasteiger charge is -2.00. The Morgan fingerprint density at radius 1 is 1.45 bits per heavy atom. The zero-order valence-corrected chi connectivity index (χ0v) is 11.3. The largest absolute Gasteiger partial charge is 0.462 e. The van der Waals surface area contributed by atoms with E-state index in [1.807, 2.05) is 13.2 Å². The first kappa shape index (κ1) is 12.4. The molecule has 3 rings (SSSR count). The summed E-state index contributed by atoms with van der Waals surface area (Å²) in [5.74, 6) is 0.404. The monoisotopic (exact) mass is 270 g/mol. The highest BCUT2D eigenvalue weighted by molar-refractivity contribution is 5.94. The molecule has 1 aromatic carbocycles. The second-order valence-electron chi connectivity index (χ2n) is 4.44. The predicted octanol–water partition coefficient (Wildman–Crippen LogP) is 2.14. The van der Waals surface area contributed by atoms with Crippen molar-refractivity contribution in [3.63, 3.8) is 0 Å². The van der Waals surface area contributed by atoms with Gasteiger partial charge in [0, 0.05) is 13.2 Å². The van der Waals surface area contributed by atoms with E-state index in [1.165, 1.54) is 0 Å². The number of nitrogens with one attached hydrogen (secondary N) is 1. The number of aromatic nitrogens is 4. The SMILES string of the molecule is CCOC(=O)c1ccc2nc(-c3cnn(C)c3)[nH]c2c1. The number of aryl methyl sites for hydroxylation is 1. The van der Waals surface area contributed by atoms with Gasteiger partial charge in [-0.2, -0.15) is 5.10 Å². The minimum atomic E-state index is -0.327. The molecule has 0 radical (unpaired) electrons. The van der Waals surface area contributed by atoms with Gasteiger partial charge in [-0.05, 0) is 25.1 Å². The Morgan fingerprint density at radius 2 is 2.30 bits per heavy atom. The number of imidazole rings is 1. The molecule has 0 saturated heterocycles. The molecule has 0 aliphatic heterocycles. The van der Waals surface area contributed by atoms with Crippen LogP contribution in [-0.4, -0.2) is 32.3 Å². The van der Waals surface area contributed by atoms with Gasteiger partial charge in [-0.25, -0.2) is 9.78 Å². The number of rotatable bonds is 3. The van der Waals surface area contributed by atoms with E-state index in [-0.39, 0.29) is 5.97 Å². The van der Waals surface area contributed by atoms with Crippen molar-refractivity contribution in [2.75, 3.05) is 6.61 Å². The minimum Gasteiger partial charge on any atom is -0.462 e. The maximum Gasteiger partial charge on any atom is 0.338 e. The van der Waals surface area contributed by atoms with E-state index in [9.17, 15) is 4.79 Å². The average Bonchev–Trinajstić information content (AvgIpc) is 3.03. The van der Waals surface area contributed by atoms with Crippen LogP contribution >= 0.6 is 0 Å². The summed E-state index contributed by atoms with van der Waals surface area (Å²) in [6.07, 6.45) is 3.62. The molecule has 0 aliphatic carbocycles. The molecule has 6 nitrogen and oxygen atoms in total. The Kier molecular flexibility index (Phi) is 2.98. The van der Waals surface area contributed by atoms with Crippen LogP contribution in [0, 0.1) is 0 Å². The van der Waals surface area contributed by atoms with Crippen LogP contribution in [0.4, 0.5) is 0 Å². The first-order valence-corrected chi connectivity index (χ1v) is 6.33. The molecule has 6 heteroatoms. The van der Waals surface area contributed by atoms with Crippen LogP contribution in [0.2, 0.25) is 0 Å². The maximum absolute atomic E-state index is 11.7. The number of hydrogen-bond donors (Lipinski definition) is 1. The van der Waals surface area contributed by atoms with Crippen LogP contribution in [0.15, 0.2) is 30.6 Å².